The predicted octanol–water partition coefficient (Wildman–Crippen LogP) is 3.39. The molecule has 1 atom stereocenters. The summed E-state index contributed by atoms with van der Waals surface area (Å²) < 4.78 is 38.2. The van der Waals surface area contributed by atoms with Crippen molar-refractivity contribution in [2.75, 3.05) is 6.61 Å². The molecule has 0 amide bonds. The molecule has 2 rings (SSSR count). The molecule has 0 saturated heterocycles. The highest BCUT2D eigenvalue weighted by Gasteiger charge is 2.38. The fourth-order valence-electron chi connectivity index (χ4n) is 2.71. The Bertz CT molecular complexity index is 794. The molecule has 5 nitrogen and oxygen atoms in total. The summed E-state index contributed by atoms with van der Waals surface area (Å²) in [5.41, 5.74) is 5.66. The highest BCUT2D eigenvalue weighted by molar-refractivity contribution is 5.92. The number of carbonyl (C=O) groups excluding carboxylic acids is 1. The third-order valence-electron chi connectivity index (χ3n) is 3.74. The average molecular weight is 348 g/mol. The lowest BCUT2D eigenvalue weighted by Crippen LogP contribution is -2.27. The van der Waals surface area contributed by atoms with Crippen molar-refractivity contribution in [3.8, 4) is 6.07 Å². The predicted molar refractivity (Wildman–Crippen MR) is 85.6 cm³/mol. The van der Waals surface area contributed by atoms with E-state index >= 15 is 0 Å². The van der Waals surface area contributed by atoms with Crippen LogP contribution in [0.25, 0.3) is 0 Å². The fourth-order valence-corrected chi connectivity index (χ4v) is 2.71. The number of hydrogen-bond donors (Lipinski definition) is 1. The van der Waals surface area contributed by atoms with Crippen molar-refractivity contribution in [2.24, 2.45) is 5.73 Å². The molecule has 25 heavy (non-hydrogen) atoms. The fraction of sp³-hybridized carbons (Fsp3) is 0.333. The maximum absolute atomic E-state index is 14.4. The van der Waals surface area contributed by atoms with E-state index in [1.807, 2.05) is 13.0 Å². The van der Waals surface area contributed by atoms with Crippen LogP contribution >= 0.6 is 0 Å². The molecule has 1 aromatic rings. The summed E-state index contributed by atoms with van der Waals surface area (Å²) in [6.45, 7) is 3.60. The number of esters is 1. The first-order chi connectivity index (χ1) is 11.9. The molecule has 0 aliphatic carbocycles. The van der Waals surface area contributed by atoms with Crippen LogP contribution in [-0.2, 0) is 14.3 Å². The number of nitrogens with two attached hydrogens (primary N) is 1. The van der Waals surface area contributed by atoms with Crippen LogP contribution in [0.4, 0.5) is 8.78 Å². The highest BCUT2D eigenvalue weighted by Crippen LogP contribution is 2.41. The van der Waals surface area contributed by atoms with Gasteiger partial charge in [0.2, 0.25) is 5.88 Å². The topological polar surface area (TPSA) is 85.3 Å². The molecular weight excluding hydrogens is 330 g/mol. The molecule has 7 heteroatoms. The Kier molecular flexibility index (Phi) is 5.75. The molecule has 1 aromatic carbocycles. The largest absolute Gasteiger partial charge is 0.463 e. The van der Waals surface area contributed by atoms with Crippen molar-refractivity contribution in [3.63, 3.8) is 0 Å². The van der Waals surface area contributed by atoms with E-state index in [0.717, 1.165) is 6.07 Å². The number of nitrogens with zero attached hydrogens (tertiary/aromatic N) is 1. The van der Waals surface area contributed by atoms with Crippen LogP contribution in [-0.4, -0.2) is 12.6 Å². The first-order valence-corrected chi connectivity index (χ1v) is 7.87. The Morgan fingerprint density at radius 2 is 2.12 bits per heavy atom. The van der Waals surface area contributed by atoms with E-state index < -0.39 is 23.5 Å². The lowest BCUT2D eigenvalue weighted by molar-refractivity contribution is -0.139. The smallest absolute Gasteiger partial charge is 0.338 e. The minimum absolute atomic E-state index is 0.0139. The summed E-state index contributed by atoms with van der Waals surface area (Å²) >= 11 is 0. The lowest BCUT2D eigenvalue weighted by Gasteiger charge is -2.28. The number of allylic oxidation sites excluding steroid dienone is 2. The van der Waals surface area contributed by atoms with Gasteiger partial charge in [-0.05, 0) is 19.4 Å². The molecule has 0 bridgehead atoms. The maximum atomic E-state index is 14.4. The van der Waals surface area contributed by atoms with Gasteiger partial charge in [-0.3, -0.25) is 0 Å². The minimum atomic E-state index is -1.11. The Morgan fingerprint density at radius 1 is 1.40 bits per heavy atom. The first kappa shape index (κ1) is 18.5. The van der Waals surface area contributed by atoms with Gasteiger partial charge in [-0.1, -0.05) is 13.0 Å². The van der Waals surface area contributed by atoms with Gasteiger partial charge in [0.25, 0.3) is 0 Å². The highest BCUT2D eigenvalue weighted by atomic mass is 19.1. The van der Waals surface area contributed by atoms with Gasteiger partial charge >= 0.3 is 5.97 Å². The van der Waals surface area contributed by atoms with E-state index in [9.17, 15) is 18.8 Å². The van der Waals surface area contributed by atoms with Gasteiger partial charge in [0.1, 0.15) is 29.0 Å². The summed E-state index contributed by atoms with van der Waals surface area (Å²) in [6.07, 6.45) is 0.985. The number of carbonyl (C=O) groups is 1. The van der Waals surface area contributed by atoms with Gasteiger partial charge in [-0.2, -0.15) is 5.26 Å². The summed E-state index contributed by atoms with van der Waals surface area (Å²) in [7, 11) is 0. The van der Waals surface area contributed by atoms with Crippen LogP contribution in [0.2, 0.25) is 0 Å². The van der Waals surface area contributed by atoms with Crippen molar-refractivity contribution in [2.45, 2.75) is 32.6 Å². The molecular formula is C18H18F2N2O3. The Labute approximate surface area is 144 Å². The zero-order valence-corrected chi connectivity index (χ0v) is 13.9. The van der Waals surface area contributed by atoms with Crippen molar-refractivity contribution in [3.05, 3.63) is 58.2 Å². The third kappa shape index (κ3) is 3.63. The molecule has 1 heterocycles. The Balaban J connectivity index is 2.71. The number of ether oxygens (including phenoxy) is 2. The lowest BCUT2D eigenvalue weighted by atomic mass is 9.82. The Morgan fingerprint density at radius 3 is 2.68 bits per heavy atom. The molecule has 132 valence electrons. The summed E-state index contributed by atoms with van der Waals surface area (Å²) in [6, 6.07) is 4.80. The van der Waals surface area contributed by atoms with Crippen LogP contribution in [0.1, 0.15) is 38.2 Å². The van der Waals surface area contributed by atoms with Crippen LogP contribution in [0.5, 0.6) is 0 Å². The zero-order valence-electron chi connectivity index (χ0n) is 13.9. The second kappa shape index (κ2) is 7.79. The van der Waals surface area contributed by atoms with Gasteiger partial charge in [0, 0.05) is 18.1 Å². The van der Waals surface area contributed by atoms with E-state index in [0.29, 0.717) is 18.9 Å². The molecule has 0 radical (unpaired) electrons. The van der Waals surface area contributed by atoms with E-state index in [1.54, 1.807) is 6.92 Å². The van der Waals surface area contributed by atoms with Gasteiger partial charge in [-0.15, -0.1) is 0 Å². The Hall–Kier alpha value is -2.88. The van der Waals surface area contributed by atoms with Crippen molar-refractivity contribution in [1.29, 1.82) is 5.26 Å². The van der Waals surface area contributed by atoms with Crippen LogP contribution in [0.15, 0.2) is 41.0 Å². The molecule has 0 unspecified atom stereocenters. The van der Waals surface area contributed by atoms with E-state index in [1.165, 1.54) is 6.07 Å². The molecule has 0 fully saturated rings. The molecule has 0 aromatic heterocycles. The monoisotopic (exact) mass is 348 g/mol. The molecule has 2 N–H and O–H groups in total. The van der Waals surface area contributed by atoms with Crippen LogP contribution in [0.3, 0.4) is 0 Å². The SMILES string of the molecule is CCCC1=C(C(=O)OCC)[C@@H](c2ccc(F)cc2F)C(C#N)=C(N)O1. The molecule has 1 aliphatic rings. The zero-order chi connectivity index (χ0) is 18.6. The van der Waals surface area contributed by atoms with E-state index in [-0.39, 0.29) is 35.0 Å². The average Bonchev–Trinajstić information content (AvgIpc) is 2.55. The van der Waals surface area contributed by atoms with Crippen LogP contribution in [0, 0.1) is 23.0 Å². The minimum Gasteiger partial charge on any atom is -0.463 e. The summed E-state index contributed by atoms with van der Waals surface area (Å²) in [5, 5.41) is 9.45. The van der Waals surface area contributed by atoms with Gasteiger partial charge < -0.3 is 15.2 Å². The van der Waals surface area contributed by atoms with Gasteiger partial charge in [0.15, 0.2) is 0 Å². The van der Waals surface area contributed by atoms with Crippen molar-refractivity contribution < 1.29 is 23.0 Å². The van der Waals surface area contributed by atoms with E-state index in [2.05, 4.69) is 0 Å². The van der Waals surface area contributed by atoms with Gasteiger partial charge in [-0.25, -0.2) is 13.6 Å². The van der Waals surface area contributed by atoms with Crippen molar-refractivity contribution in [1.82, 2.24) is 0 Å². The summed E-state index contributed by atoms with van der Waals surface area (Å²) in [5.74, 6) is -3.46. The molecule has 1 aliphatic heterocycles. The number of nitriles is 1. The van der Waals surface area contributed by atoms with Gasteiger partial charge in [0.05, 0.1) is 18.1 Å². The number of hydrogen-bond acceptors (Lipinski definition) is 5. The first-order valence-electron chi connectivity index (χ1n) is 7.87. The van der Waals surface area contributed by atoms with E-state index in [4.69, 9.17) is 15.2 Å². The second-order valence-electron chi connectivity index (χ2n) is 5.40. The van der Waals surface area contributed by atoms with Crippen molar-refractivity contribution >= 4 is 5.97 Å². The number of rotatable bonds is 5. The second-order valence-corrected chi connectivity index (χ2v) is 5.40. The quantitative estimate of drug-likeness (QED) is 0.825. The molecule has 0 spiro atoms. The summed E-state index contributed by atoms with van der Waals surface area (Å²) in [4.78, 5) is 12.5. The molecule has 0 saturated carbocycles. The standard InChI is InChI=1S/C18H18F2N2O3/c1-3-5-14-16(18(23)24-4-2)15(12(9-21)17(22)25-14)11-7-6-10(19)8-13(11)20/h6-8,15H,3-5,22H2,1-2H3/t15-/m0/s1. The van der Waals surface area contributed by atoms with Crippen LogP contribution < -0.4 is 5.73 Å². The normalized spacial score (nSPS) is 17.2. The maximum Gasteiger partial charge on any atom is 0.338 e. The number of halogens is 2. The third-order valence-corrected chi connectivity index (χ3v) is 3.74. The number of benzene rings is 1.